The van der Waals surface area contributed by atoms with Crippen molar-refractivity contribution in [3.8, 4) is 0 Å². The third-order valence-corrected chi connectivity index (χ3v) is 3.67. The van der Waals surface area contributed by atoms with Crippen molar-refractivity contribution >= 4 is 23.6 Å². The molecule has 2 rings (SSSR count). The third-order valence-electron chi connectivity index (χ3n) is 3.67. The average molecular weight is 393 g/mol. The molecule has 28 heavy (non-hydrogen) atoms. The smallest absolute Gasteiger partial charge is 0.355 e. The van der Waals surface area contributed by atoms with E-state index in [0.717, 1.165) is 31.3 Å². The molecular formula is C19H17F2NO6. The lowest BCUT2D eigenvalue weighted by atomic mass is 10.1. The molecule has 0 aromatic heterocycles. The van der Waals surface area contributed by atoms with Crippen LogP contribution in [0.15, 0.2) is 47.8 Å². The van der Waals surface area contributed by atoms with Gasteiger partial charge in [0.05, 0.1) is 32.1 Å². The van der Waals surface area contributed by atoms with E-state index in [0.29, 0.717) is 0 Å². The Morgan fingerprint density at radius 3 is 2.11 bits per heavy atom. The Kier molecular flexibility index (Phi) is 6.64. The monoisotopic (exact) mass is 393 g/mol. The zero-order valence-corrected chi connectivity index (χ0v) is 15.3. The number of ether oxygens (including phenoxy) is 3. The zero-order chi connectivity index (χ0) is 20.8. The van der Waals surface area contributed by atoms with Crippen molar-refractivity contribution in [2.45, 2.75) is 6.92 Å². The number of carbonyl (C=O) groups excluding carboxylic acids is 3. The van der Waals surface area contributed by atoms with E-state index < -0.39 is 35.1 Å². The van der Waals surface area contributed by atoms with E-state index in [9.17, 15) is 23.2 Å². The summed E-state index contributed by atoms with van der Waals surface area (Å²) in [4.78, 5) is 37.2. The van der Waals surface area contributed by atoms with Crippen molar-refractivity contribution in [3.63, 3.8) is 0 Å². The number of esters is 3. The minimum absolute atomic E-state index is 0.0578. The lowest BCUT2D eigenvalue weighted by molar-refractivity contribution is -0.139. The van der Waals surface area contributed by atoms with Crippen LogP contribution in [-0.2, 0) is 23.8 Å². The molecule has 148 valence electrons. The highest BCUT2D eigenvalue weighted by molar-refractivity contribution is 6.05. The molecule has 0 saturated heterocycles. The molecule has 1 aromatic rings. The molecule has 0 spiro atoms. The summed E-state index contributed by atoms with van der Waals surface area (Å²) in [6.45, 7) is 1.44. The van der Waals surface area contributed by atoms with Crippen LogP contribution >= 0.6 is 0 Å². The van der Waals surface area contributed by atoms with Gasteiger partial charge in [-0.15, -0.1) is 0 Å². The predicted molar refractivity (Wildman–Crippen MR) is 94.1 cm³/mol. The molecular weight excluding hydrogens is 376 g/mol. The van der Waals surface area contributed by atoms with Crippen LogP contribution in [0, 0.1) is 11.6 Å². The molecule has 1 aliphatic rings. The van der Waals surface area contributed by atoms with Crippen molar-refractivity contribution < 1.29 is 37.4 Å². The number of halogens is 2. The largest absolute Gasteiger partial charge is 0.465 e. The molecule has 0 fully saturated rings. The van der Waals surface area contributed by atoms with E-state index in [1.165, 1.54) is 31.4 Å². The highest BCUT2D eigenvalue weighted by atomic mass is 19.1. The van der Waals surface area contributed by atoms with E-state index in [1.54, 1.807) is 0 Å². The van der Waals surface area contributed by atoms with E-state index in [-0.39, 0.29) is 23.6 Å². The van der Waals surface area contributed by atoms with Gasteiger partial charge in [-0.3, -0.25) is 0 Å². The summed E-state index contributed by atoms with van der Waals surface area (Å²) in [6, 6.07) is 1.67. The normalized spacial score (nSPS) is 13.2. The molecule has 1 heterocycles. The summed E-state index contributed by atoms with van der Waals surface area (Å²) in [5, 5.41) is 0. The van der Waals surface area contributed by atoms with Crippen LogP contribution in [0.5, 0.6) is 0 Å². The maximum absolute atomic E-state index is 14.4. The van der Waals surface area contributed by atoms with Crippen LogP contribution in [0.3, 0.4) is 0 Å². The summed E-state index contributed by atoms with van der Waals surface area (Å²) < 4.78 is 42.9. The minimum atomic E-state index is -1.19. The Hall–Kier alpha value is -3.49. The number of benzene rings is 1. The standard InChI is InChI=1S/C19H17F2NO6/c1-4-28-18(24)15-13(20)9-11(10-14(15)21)22-8-6-5-7-12(17(23)26-2)16(22)19(25)27-3/h5-10H,4H2,1-3H3. The first kappa shape index (κ1) is 20.8. The first-order valence-electron chi connectivity index (χ1n) is 8.06. The van der Waals surface area contributed by atoms with Gasteiger partial charge in [0, 0.05) is 6.20 Å². The fourth-order valence-corrected chi connectivity index (χ4v) is 2.46. The van der Waals surface area contributed by atoms with Gasteiger partial charge in [0.1, 0.15) is 22.9 Å². The average Bonchev–Trinajstić information content (AvgIpc) is 2.89. The van der Waals surface area contributed by atoms with Gasteiger partial charge in [-0.1, -0.05) is 6.08 Å². The van der Waals surface area contributed by atoms with Crippen LogP contribution < -0.4 is 4.90 Å². The lowest BCUT2D eigenvalue weighted by Gasteiger charge is -2.23. The van der Waals surface area contributed by atoms with Crippen LogP contribution in [0.1, 0.15) is 17.3 Å². The molecule has 0 aliphatic carbocycles. The molecule has 0 radical (unpaired) electrons. The molecule has 0 amide bonds. The topological polar surface area (TPSA) is 82.1 Å². The maximum Gasteiger partial charge on any atom is 0.355 e. The minimum Gasteiger partial charge on any atom is -0.465 e. The fourth-order valence-electron chi connectivity index (χ4n) is 2.46. The summed E-state index contributed by atoms with van der Waals surface area (Å²) in [5.74, 6) is -5.33. The van der Waals surface area contributed by atoms with Crippen molar-refractivity contribution in [1.82, 2.24) is 0 Å². The molecule has 0 bridgehead atoms. The first-order valence-corrected chi connectivity index (χ1v) is 8.06. The Bertz CT molecular complexity index is 881. The Morgan fingerprint density at radius 2 is 1.57 bits per heavy atom. The molecule has 1 aliphatic heterocycles. The van der Waals surface area contributed by atoms with Gasteiger partial charge < -0.3 is 19.1 Å². The van der Waals surface area contributed by atoms with Gasteiger partial charge in [-0.05, 0) is 31.2 Å². The van der Waals surface area contributed by atoms with E-state index in [1.807, 2.05) is 0 Å². The quantitative estimate of drug-likeness (QED) is 0.562. The molecule has 9 heteroatoms. The number of hydrogen-bond donors (Lipinski definition) is 0. The molecule has 7 nitrogen and oxygen atoms in total. The van der Waals surface area contributed by atoms with E-state index in [4.69, 9.17) is 4.74 Å². The third kappa shape index (κ3) is 4.08. The number of hydrogen-bond acceptors (Lipinski definition) is 7. The predicted octanol–water partition coefficient (Wildman–Crippen LogP) is 2.63. The Morgan fingerprint density at radius 1 is 0.964 bits per heavy atom. The van der Waals surface area contributed by atoms with Gasteiger partial charge in [0.15, 0.2) is 0 Å². The Balaban J connectivity index is 2.65. The van der Waals surface area contributed by atoms with Gasteiger partial charge in [-0.2, -0.15) is 0 Å². The van der Waals surface area contributed by atoms with Gasteiger partial charge in [-0.25, -0.2) is 23.2 Å². The number of carbonyl (C=O) groups is 3. The summed E-state index contributed by atoms with van der Waals surface area (Å²) >= 11 is 0. The first-order chi connectivity index (χ1) is 13.3. The molecule has 0 unspecified atom stereocenters. The highest BCUT2D eigenvalue weighted by Crippen LogP contribution is 2.29. The summed E-state index contributed by atoms with van der Waals surface area (Å²) in [6.07, 6.45) is 5.48. The van der Waals surface area contributed by atoms with Crippen molar-refractivity contribution in [3.05, 3.63) is 65.0 Å². The van der Waals surface area contributed by atoms with Crippen LogP contribution in [0.4, 0.5) is 14.5 Å². The van der Waals surface area contributed by atoms with Gasteiger partial charge in [0.25, 0.3) is 0 Å². The second-order valence-corrected chi connectivity index (χ2v) is 5.32. The van der Waals surface area contributed by atoms with Crippen molar-refractivity contribution in [2.75, 3.05) is 25.7 Å². The number of methoxy groups -OCH3 is 2. The second kappa shape index (κ2) is 8.94. The molecule has 0 saturated carbocycles. The van der Waals surface area contributed by atoms with Crippen molar-refractivity contribution in [2.24, 2.45) is 0 Å². The van der Waals surface area contributed by atoms with Crippen LogP contribution in [0.25, 0.3) is 0 Å². The van der Waals surface area contributed by atoms with Gasteiger partial charge in [0.2, 0.25) is 0 Å². The lowest BCUT2D eigenvalue weighted by Crippen LogP contribution is -2.27. The van der Waals surface area contributed by atoms with E-state index in [2.05, 4.69) is 9.47 Å². The van der Waals surface area contributed by atoms with Crippen LogP contribution in [0.2, 0.25) is 0 Å². The molecule has 1 aromatic carbocycles. The van der Waals surface area contributed by atoms with E-state index >= 15 is 0 Å². The maximum atomic E-state index is 14.4. The van der Waals surface area contributed by atoms with Gasteiger partial charge >= 0.3 is 17.9 Å². The second-order valence-electron chi connectivity index (χ2n) is 5.32. The Labute approximate surface area is 159 Å². The van der Waals surface area contributed by atoms with Crippen molar-refractivity contribution in [1.29, 1.82) is 0 Å². The number of allylic oxidation sites excluding steroid dienone is 2. The summed E-state index contributed by atoms with van der Waals surface area (Å²) in [7, 11) is 2.21. The molecule has 0 atom stereocenters. The number of rotatable bonds is 5. The molecule has 0 N–H and O–H groups in total. The SMILES string of the molecule is CCOC(=O)c1c(F)cc(N2C=CC=CC(C(=O)OC)=C2C(=O)OC)cc1F. The fraction of sp³-hybridized carbons (Fsp3) is 0.211. The number of anilines is 1. The van der Waals surface area contributed by atoms with Crippen LogP contribution in [-0.4, -0.2) is 38.7 Å². The highest BCUT2D eigenvalue weighted by Gasteiger charge is 2.29. The zero-order valence-electron chi connectivity index (χ0n) is 15.3. The summed E-state index contributed by atoms with van der Waals surface area (Å²) in [5.41, 5.74) is -1.53. The number of nitrogens with zero attached hydrogens (tertiary/aromatic N) is 1.